The molecule has 7 amide bonds. The number of hydrogen-bond acceptors (Lipinski definition) is 14. The first kappa shape index (κ1) is 69.8. The van der Waals surface area contributed by atoms with Gasteiger partial charge in [0, 0.05) is 25.9 Å². The molecule has 0 aromatic rings. The molecule has 0 spiro atoms. The molecule has 0 aromatic heterocycles. The molecule has 1 saturated heterocycles. The van der Waals surface area contributed by atoms with Gasteiger partial charge in [0.25, 0.3) is 0 Å². The van der Waals surface area contributed by atoms with Crippen LogP contribution in [0, 0.1) is 11.8 Å². The van der Waals surface area contributed by atoms with E-state index in [4.69, 9.17) is 28.7 Å². The van der Waals surface area contributed by atoms with Crippen LogP contribution in [0.1, 0.15) is 139 Å². The van der Waals surface area contributed by atoms with E-state index < -0.39 is 79.2 Å². The van der Waals surface area contributed by atoms with Crippen molar-refractivity contribution in [3.63, 3.8) is 0 Å². The number of amides is 7. The Kier molecular flexibility index (Phi) is 48.6. The highest BCUT2D eigenvalue weighted by molar-refractivity contribution is 5.95. The highest BCUT2D eigenvalue weighted by atomic mass is 16.2. The molecule has 3 unspecified atom stereocenters. The highest BCUT2D eigenvalue weighted by Crippen LogP contribution is 2.17. The van der Waals surface area contributed by atoms with Crippen molar-refractivity contribution in [1.29, 1.82) is 0 Å². The molecule has 22 nitrogen and oxygen atoms in total. The van der Waals surface area contributed by atoms with E-state index in [-0.39, 0.29) is 42.9 Å². The van der Waals surface area contributed by atoms with Crippen molar-refractivity contribution in [1.82, 2.24) is 36.8 Å². The fraction of sp³-hybridized carbons (Fsp3) is 0.804. The zero-order valence-electron chi connectivity index (χ0n) is 43.2. The third-order valence-electron chi connectivity index (χ3n) is 9.90. The first-order valence-electron chi connectivity index (χ1n) is 24.5. The number of nitrogens with two attached hydrogens (primary N) is 6. The average molecular weight is 973 g/mol. The van der Waals surface area contributed by atoms with Crippen LogP contribution >= 0.6 is 0 Å². The smallest absolute Gasteiger partial charge is 0.243 e. The Morgan fingerprint density at radius 1 is 0.632 bits per heavy atom. The SMILES string of the molecule is CC(=O)N1CCCC1C(=O)NCC(=O)N[C@@H](CCCCN)C(=O)NCC(=O)NC(CCCN=CN)C(=O)NCC(=O)NC(C(=O)C(C)C)C(C)C.CCCCN.CCCCN.CCCCN.CN. The number of likely N-dealkylation sites (tertiary alicyclic amines) is 1. The molecule has 1 aliphatic rings. The number of ketones is 1. The summed E-state index contributed by atoms with van der Waals surface area (Å²) in [5.74, 6) is -4.52. The maximum absolute atomic E-state index is 13.1. The number of unbranched alkanes of at least 4 members (excludes halogenated alkanes) is 4. The van der Waals surface area contributed by atoms with Gasteiger partial charge in [-0.15, -0.1) is 0 Å². The van der Waals surface area contributed by atoms with Gasteiger partial charge in [-0.05, 0) is 103 Å². The van der Waals surface area contributed by atoms with Crippen molar-refractivity contribution in [2.75, 3.05) is 66.0 Å². The topological polar surface area (TPSA) is 380 Å². The quantitative estimate of drug-likeness (QED) is 0.0253. The maximum Gasteiger partial charge on any atom is 0.243 e. The lowest BCUT2D eigenvalue weighted by Gasteiger charge is -2.23. The molecule has 22 heteroatoms. The van der Waals surface area contributed by atoms with Crippen LogP contribution in [-0.4, -0.2) is 148 Å². The lowest BCUT2D eigenvalue weighted by molar-refractivity contribution is -0.137. The molecule has 0 aliphatic carbocycles. The Bertz CT molecular complexity index is 1380. The second kappa shape index (κ2) is 47.3. The fourth-order valence-electron chi connectivity index (χ4n) is 6.03. The van der Waals surface area contributed by atoms with Crippen LogP contribution in [0.25, 0.3) is 0 Å². The van der Waals surface area contributed by atoms with Gasteiger partial charge in [-0.2, -0.15) is 0 Å². The van der Waals surface area contributed by atoms with Crippen LogP contribution in [0.4, 0.5) is 0 Å². The van der Waals surface area contributed by atoms with E-state index >= 15 is 0 Å². The molecular formula is C46H96N14O8. The van der Waals surface area contributed by atoms with Gasteiger partial charge in [0.05, 0.1) is 32.0 Å². The van der Waals surface area contributed by atoms with Crippen LogP contribution in [0.3, 0.4) is 0 Å². The number of carbonyl (C=O) groups excluding carboxylic acids is 8. The van der Waals surface area contributed by atoms with E-state index in [0.29, 0.717) is 45.2 Å². The second-order valence-corrected chi connectivity index (χ2v) is 16.5. The number of aliphatic imine (C=N–C) groups is 1. The third kappa shape index (κ3) is 37.2. The number of Topliss-reactive ketones (excluding diaryl/α,β-unsaturated/α-hetero) is 1. The van der Waals surface area contributed by atoms with Crippen LogP contribution in [0.15, 0.2) is 4.99 Å². The van der Waals surface area contributed by atoms with E-state index in [9.17, 15) is 38.4 Å². The molecule has 0 aromatic carbocycles. The van der Waals surface area contributed by atoms with Crippen LogP contribution in [-0.2, 0) is 38.4 Å². The Labute approximate surface area is 407 Å². The van der Waals surface area contributed by atoms with E-state index in [1.54, 1.807) is 27.7 Å². The van der Waals surface area contributed by atoms with E-state index in [2.05, 4.69) is 63.4 Å². The molecule has 18 N–H and O–H groups in total. The lowest BCUT2D eigenvalue weighted by Crippen LogP contribution is -2.54. The second-order valence-electron chi connectivity index (χ2n) is 16.5. The number of nitrogens with zero attached hydrogens (tertiary/aromatic N) is 2. The molecule has 4 atom stereocenters. The van der Waals surface area contributed by atoms with Crippen LogP contribution in [0.5, 0.6) is 0 Å². The summed E-state index contributed by atoms with van der Waals surface area (Å²) in [6.45, 7) is 17.1. The number of hydrogen-bond donors (Lipinski definition) is 12. The first-order chi connectivity index (χ1) is 32.4. The van der Waals surface area contributed by atoms with Crippen molar-refractivity contribution in [3.8, 4) is 0 Å². The zero-order chi connectivity index (χ0) is 52.9. The van der Waals surface area contributed by atoms with Crippen molar-refractivity contribution >= 4 is 53.5 Å². The number of nitrogens with one attached hydrogen (secondary N) is 6. The van der Waals surface area contributed by atoms with Crippen LogP contribution in [0.2, 0.25) is 0 Å². The molecule has 0 radical (unpaired) electrons. The van der Waals surface area contributed by atoms with E-state index in [1.165, 1.54) is 57.4 Å². The molecule has 1 heterocycles. The summed E-state index contributed by atoms with van der Waals surface area (Å²) in [5.41, 5.74) is 30.8. The number of carbonyl (C=O) groups is 8. The van der Waals surface area contributed by atoms with E-state index in [0.717, 1.165) is 26.0 Å². The summed E-state index contributed by atoms with van der Waals surface area (Å²) in [6, 6.07) is -3.51. The van der Waals surface area contributed by atoms with Crippen LogP contribution < -0.4 is 66.3 Å². The Hall–Kier alpha value is -4.77. The van der Waals surface area contributed by atoms with Gasteiger partial charge in [-0.3, -0.25) is 43.3 Å². The average Bonchev–Trinajstić information content (AvgIpc) is 3.82. The molecule has 0 bridgehead atoms. The molecular weight excluding hydrogens is 877 g/mol. The summed E-state index contributed by atoms with van der Waals surface area (Å²) in [4.78, 5) is 107. The summed E-state index contributed by atoms with van der Waals surface area (Å²) in [5, 5.41) is 15.3. The molecule has 68 heavy (non-hydrogen) atoms. The summed E-state index contributed by atoms with van der Waals surface area (Å²) in [6.07, 6.45) is 11.2. The van der Waals surface area contributed by atoms with Gasteiger partial charge in [0.1, 0.15) is 18.1 Å². The van der Waals surface area contributed by atoms with Crippen molar-refractivity contribution in [2.45, 2.75) is 163 Å². The Balaban J connectivity index is -0.00000103. The first-order valence-corrected chi connectivity index (χ1v) is 24.5. The monoisotopic (exact) mass is 973 g/mol. The van der Waals surface area contributed by atoms with Crippen molar-refractivity contribution < 1.29 is 38.4 Å². The van der Waals surface area contributed by atoms with E-state index in [1.807, 2.05) is 0 Å². The summed E-state index contributed by atoms with van der Waals surface area (Å²) < 4.78 is 0. The molecule has 1 rings (SSSR count). The fourth-order valence-corrected chi connectivity index (χ4v) is 6.03. The van der Waals surface area contributed by atoms with Crippen molar-refractivity contribution in [3.05, 3.63) is 0 Å². The predicted octanol–water partition coefficient (Wildman–Crippen LogP) is -0.612. The van der Waals surface area contributed by atoms with Gasteiger partial charge in [0.2, 0.25) is 41.4 Å². The zero-order valence-corrected chi connectivity index (χ0v) is 43.2. The standard InChI is InChI=1S/C33H58N10O8.3C4H11N.CH5N/c1-20(2)29(30(48)21(3)4)42-28(47)18-38-32(50)24(11-8-14-36-19-35)41-26(45)16-37-31(49)23(10-6-7-13-34)40-27(46)17-39-33(51)25-12-9-15-43(25)22(5)44;3*1-2-3-4-5;1-2/h19-21,23-25,29H,6-18,34H2,1-5H3,(H2,35,36)(H,37,49)(H,38,50)(H,39,51)(H,40,46)(H,41,45)(H,42,47);3*2-5H2,1H3;2H2,1H3/t23-,24?,25?,29?;;;;/m0..../s1. The lowest BCUT2D eigenvalue weighted by atomic mass is 9.93. The Morgan fingerprint density at radius 3 is 1.43 bits per heavy atom. The van der Waals surface area contributed by atoms with Gasteiger partial charge in [0.15, 0.2) is 5.78 Å². The Morgan fingerprint density at radius 2 is 1.06 bits per heavy atom. The number of rotatable bonds is 29. The normalized spacial score (nSPS) is 13.9. The minimum absolute atomic E-state index is 0.133. The molecule has 1 aliphatic heterocycles. The predicted molar refractivity (Wildman–Crippen MR) is 272 cm³/mol. The molecule has 1 fully saturated rings. The van der Waals surface area contributed by atoms with Gasteiger partial charge in [-0.25, -0.2) is 0 Å². The third-order valence-corrected chi connectivity index (χ3v) is 9.90. The molecule has 398 valence electrons. The minimum atomic E-state index is -1.09. The summed E-state index contributed by atoms with van der Waals surface area (Å²) in [7, 11) is 1.50. The minimum Gasteiger partial charge on any atom is -0.390 e. The highest BCUT2D eigenvalue weighted by Gasteiger charge is 2.33. The van der Waals surface area contributed by atoms with Gasteiger partial charge in [-0.1, -0.05) is 67.7 Å². The largest absolute Gasteiger partial charge is 0.390 e. The van der Waals surface area contributed by atoms with Gasteiger partial charge < -0.3 is 71.2 Å². The molecule has 0 saturated carbocycles. The van der Waals surface area contributed by atoms with Crippen molar-refractivity contribution in [2.24, 2.45) is 51.2 Å². The van der Waals surface area contributed by atoms with Gasteiger partial charge >= 0.3 is 0 Å². The maximum atomic E-state index is 13.1. The summed E-state index contributed by atoms with van der Waals surface area (Å²) >= 11 is 0.